The average molecular weight is 276 g/mol. The Labute approximate surface area is 115 Å². The molecule has 0 aliphatic heterocycles. The summed E-state index contributed by atoms with van der Waals surface area (Å²) in [5.41, 5.74) is 6.46. The lowest BCUT2D eigenvalue weighted by Gasteiger charge is -2.24. The summed E-state index contributed by atoms with van der Waals surface area (Å²) in [6.45, 7) is 2.10. The Morgan fingerprint density at radius 1 is 1.47 bits per heavy atom. The van der Waals surface area contributed by atoms with Gasteiger partial charge in [-0.15, -0.1) is 16.4 Å². The van der Waals surface area contributed by atoms with Crippen molar-refractivity contribution in [3.05, 3.63) is 17.1 Å². The number of hydrogen-bond donors (Lipinski definition) is 2. The van der Waals surface area contributed by atoms with E-state index in [4.69, 9.17) is 5.73 Å². The molecule has 1 aliphatic rings. The molecule has 2 aromatic heterocycles. The molecule has 100 valence electrons. The van der Waals surface area contributed by atoms with Crippen LogP contribution in [0.15, 0.2) is 12.3 Å². The van der Waals surface area contributed by atoms with E-state index in [1.165, 1.54) is 24.2 Å². The number of carbonyl (C=O) groups is 1. The Bertz CT molecular complexity index is 631. The third kappa shape index (κ3) is 2.16. The molecule has 0 spiro atoms. The summed E-state index contributed by atoms with van der Waals surface area (Å²) in [6, 6.07) is 1.79. The van der Waals surface area contributed by atoms with E-state index in [0.29, 0.717) is 15.4 Å². The Morgan fingerprint density at radius 2 is 2.21 bits per heavy atom. The van der Waals surface area contributed by atoms with E-state index in [2.05, 4.69) is 22.4 Å². The van der Waals surface area contributed by atoms with Crippen molar-refractivity contribution in [2.45, 2.75) is 38.1 Å². The second-order valence-electron chi connectivity index (χ2n) is 5.32. The van der Waals surface area contributed by atoms with Crippen LogP contribution in [0.1, 0.15) is 42.3 Å². The zero-order valence-corrected chi connectivity index (χ0v) is 11.6. The van der Waals surface area contributed by atoms with E-state index in [1.54, 1.807) is 12.3 Å². The van der Waals surface area contributed by atoms with Crippen LogP contribution in [-0.2, 0) is 0 Å². The first-order valence-electron chi connectivity index (χ1n) is 6.41. The minimum absolute atomic E-state index is 0.0919. The summed E-state index contributed by atoms with van der Waals surface area (Å²) < 4.78 is 0. The molecule has 1 amide bonds. The molecule has 0 aromatic carbocycles. The van der Waals surface area contributed by atoms with Crippen molar-refractivity contribution in [3.63, 3.8) is 0 Å². The van der Waals surface area contributed by atoms with Gasteiger partial charge in [0.05, 0.1) is 11.9 Å². The van der Waals surface area contributed by atoms with Crippen LogP contribution in [0.25, 0.3) is 10.2 Å². The van der Waals surface area contributed by atoms with E-state index in [9.17, 15) is 4.79 Å². The molecule has 0 unspecified atom stereocenters. The van der Waals surface area contributed by atoms with Crippen LogP contribution < -0.4 is 11.1 Å². The Balaban J connectivity index is 1.91. The highest BCUT2D eigenvalue weighted by Crippen LogP contribution is 2.34. The number of anilines is 1. The van der Waals surface area contributed by atoms with Gasteiger partial charge < -0.3 is 11.1 Å². The van der Waals surface area contributed by atoms with Crippen molar-refractivity contribution in [2.75, 3.05) is 5.73 Å². The van der Waals surface area contributed by atoms with Gasteiger partial charge >= 0.3 is 0 Å². The van der Waals surface area contributed by atoms with Crippen LogP contribution in [-0.4, -0.2) is 21.6 Å². The third-order valence-electron chi connectivity index (χ3n) is 3.75. The predicted molar refractivity (Wildman–Crippen MR) is 76.2 cm³/mol. The van der Waals surface area contributed by atoms with Gasteiger partial charge in [0.2, 0.25) is 0 Å². The summed E-state index contributed by atoms with van der Waals surface area (Å²) in [5, 5.41) is 11.7. The predicted octanol–water partition coefficient (Wildman–Crippen LogP) is 2.34. The zero-order chi connectivity index (χ0) is 13.5. The molecular weight excluding hydrogens is 260 g/mol. The minimum Gasteiger partial charge on any atom is -0.397 e. The van der Waals surface area contributed by atoms with E-state index < -0.39 is 0 Å². The summed E-state index contributed by atoms with van der Waals surface area (Å²) >= 11 is 1.30. The SMILES string of the molecule is CC1(NC(=O)c2sc3nnccc3c2N)CCCC1. The normalized spacial score (nSPS) is 17.7. The largest absolute Gasteiger partial charge is 0.397 e. The molecular formula is C13H16N4OS. The van der Waals surface area contributed by atoms with Crippen molar-refractivity contribution >= 4 is 33.1 Å². The maximum absolute atomic E-state index is 12.4. The molecule has 1 saturated carbocycles. The first kappa shape index (κ1) is 12.3. The van der Waals surface area contributed by atoms with Crippen LogP contribution in [0, 0.1) is 0 Å². The molecule has 0 atom stereocenters. The molecule has 3 N–H and O–H groups in total. The lowest BCUT2D eigenvalue weighted by molar-refractivity contribution is 0.0913. The molecule has 6 heteroatoms. The van der Waals surface area contributed by atoms with Gasteiger partial charge in [-0.3, -0.25) is 4.79 Å². The van der Waals surface area contributed by atoms with Gasteiger partial charge in [-0.1, -0.05) is 12.8 Å². The van der Waals surface area contributed by atoms with Crippen molar-refractivity contribution in [1.29, 1.82) is 0 Å². The number of rotatable bonds is 2. The number of nitrogens with two attached hydrogens (primary N) is 1. The second-order valence-corrected chi connectivity index (χ2v) is 6.32. The summed E-state index contributed by atoms with van der Waals surface area (Å²) in [7, 11) is 0. The molecule has 2 heterocycles. The molecule has 1 fully saturated rings. The summed E-state index contributed by atoms with van der Waals surface area (Å²) in [4.78, 5) is 13.6. The Kier molecular flexibility index (Phi) is 2.89. The van der Waals surface area contributed by atoms with Gasteiger partial charge in [-0.05, 0) is 25.8 Å². The molecule has 3 rings (SSSR count). The molecule has 0 saturated heterocycles. The number of nitrogen functional groups attached to an aromatic ring is 1. The standard InChI is InChI=1S/C13H16N4OS/c1-13(5-2-3-6-13)16-11(18)10-9(14)8-4-7-15-17-12(8)19-10/h4,7H,2-3,5-6,14H2,1H3,(H,16,18). The van der Waals surface area contributed by atoms with Crippen molar-refractivity contribution in [1.82, 2.24) is 15.5 Å². The second kappa shape index (κ2) is 4.45. The van der Waals surface area contributed by atoms with Gasteiger partial charge in [0.1, 0.15) is 9.71 Å². The van der Waals surface area contributed by atoms with Crippen LogP contribution >= 0.6 is 11.3 Å². The van der Waals surface area contributed by atoms with Crippen LogP contribution in [0.2, 0.25) is 0 Å². The summed E-state index contributed by atoms with van der Waals surface area (Å²) in [6.07, 6.45) is 5.99. The maximum Gasteiger partial charge on any atom is 0.263 e. The highest BCUT2D eigenvalue weighted by molar-refractivity contribution is 7.21. The number of thiophene rings is 1. The van der Waals surface area contributed by atoms with E-state index >= 15 is 0 Å². The minimum atomic E-state index is -0.0927. The monoisotopic (exact) mass is 276 g/mol. The number of nitrogens with zero attached hydrogens (tertiary/aromatic N) is 2. The maximum atomic E-state index is 12.4. The fourth-order valence-electron chi connectivity index (χ4n) is 2.65. The lowest BCUT2D eigenvalue weighted by atomic mass is 10.0. The quantitative estimate of drug-likeness (QED) is 0.882. The van der Waals surface area contributed by atoms with Gasteiger partial charge in [-0.25, -0.2) is 0 Å². The number of fused-ring (bicyclic) bond motifs is 1. The average Bonchev–Trinajstić information content (AvgIpc) is 2.95. The van der Waals surface area contributed by atoms with Gasteiger partial charge in [0.15, 0.2) is 0 Å². The molecule has 5 nitrogen and oxygen atoms in total. The van der Waals surface area contributed by atoms with Gasteiger partial charge in [0, 0.05) is 10.9 Å². The zero-order valence-electron chi connectivity index (χ0n) is 10.8. The number of aromatic nitrogens is 2. The Hall–Kier alpha value is -1.69. The van der Waals surface area contributed by atoms with Crippen molar-refractivity contribution in [2.24, 2.45) is 0 Å². The van der Waals surface area contributed by atoms with Gasteiger partial charge in [-0.2, -0.15) is 5.10 Å². The Morgan fingerprint density at radius 3 is 2.89 bits per heavy atom. The first-order chi connectivity index (χ1) is 9.09. The topological polar surface area (TPSA) is 80.9 Å². The van der Waals surface area contributed by atoms with E-state index in [-0.39, 0.29) is 11.4 Å². The lowest BCUT2D eigenvalue weighted by Crippen LogP contribution is -2.43. The fourth-order valence-corrected chi connectivity index (χ4v) is 3.59. The molecule has 0 radical (unpaired) electrons. The third-order valence-corrected chi connectivity index (χ3v) is 4.85. The summed E-state index contributed by atoms with van der Waals surface area (Å²) in [5.74, 6) is -0.0927. The molecule has 0 bridgehead atoms. The number of nitrogens with one attached hydrogen (secondary N) is 1. The highest BCUT2D eigenvalue weighted by Gasteiger charge is 2.31. The van der Waals surface area contributed by atoms with Crippen molar-refractivity contribution in [3.8, 4) is 0 Å². The number of amides is 1. The molecule has 1 aliphatic carbocycles. The number of hydrogen-bond acceptors (Lipinski definition) is 5. The van der Waals surface area contributed by atoms with Crippen LogP contribution in [0.3, 0.4) is 0 Å². The molecule has 2 aromatic rings. The molecule has 19 heavy (non-hydrogen) atoms. The van der Waals surface area contributed by atoms with Crippen LogP contribution in [0.4, 0.5) is 5.69 Å². The van der Waals surface area contributed by atoms with E-state index in [1.807, 2.05) is 0 Å². The number of carbonyl (C=O) groups excluding carboxylic acids is 1. The highest BCUT2D eigenvalue weighted by atomic mass is 32.1. The fraction of sp³-hybridized carbons (Fsp3) is 0.462. The van der Waals surface area contributed by atoms with Gasteiger partial charge in [0.25, 0.3) is 5.91 Å². The van der Waals surface area contributed by atoms with Crippen LogP contribution in [0.5, 0.6) is 0 Å². The smallest absolute Gasteiger partial charge is 0.263 e. The van der Waals surface area contributed by atoms with Crippen molar-refractivity contribution < 1.29 is 4.79 Å². The van der Waals surface area contributed by atoms with E-state index in [0.717, 1.165) is 18.2 Å². The first-order valence-corrected chi connectivity index (χ1v) is 7.23.